The number of aromatic nitrogens is 1. The molecule has 50 heavy (non-hydrogen) atoms. The third kappa shape index (κ3) is 4.62. The van der Waals surface area contributed by atoms with E-state index < -0.39 is 0 Å². The van der Waals surface area contributed by atoms with Gasteiger partial charge in [-0.1, -0.05) is 109 Å². The number of anilines is 1. The van der Waals surface area contributed by atoms with Gasteiger partial charge in [0.25, 0.3) is 11.8 Å². The quantitative estimate of drug-likeness (QED) is 0.176. The molecule has 5 heteroatoms. The van der Waals surface area contributed by atoms with Crippen LogP contribution in [0.2, 0.25) is 0 Å². The van der Waals surface area contributed by atoms with Crippen LogP contribution in [0.4, 0.5) is 5.69 Å². The van der Waals surface area contributed by atoms with Gasteiger partial charge in [-0.2, -0.15) is 5.26 Å². The largest absolute Gasteiger partial charge is 0.308 e. The number of carbonyl (C=O) groups is 2. The molecule has 0 spiro atoms. The van der Waals surface area contributed by atoms with Crippen LogP contribution >= 0.6 is 0 Å². The van der Waals surface area contributed by atoms with Gasteiger partial charge < -0.3 is 4.57 Å². The maximum atomic E-state index is 14.7. The molecule has 8 aromatic rings. The van der Waals surface area contributed by atoms with E-state index in [9.17, 15) is 14.9 Å². The molecule has 0 unspecified atom stereocenters. The molecule has 0 radical (unpaired) electrons. The minimum absolute atomic E-state index is 0.356. The van der Waals surface area contributed by atoms with Crippen molar-refractivity contribution in [3.8, 4) is 45.1 Å². The summed E-state index contributed by atoms with van der Waals surface area (Å²) < 4.78 is 2.09. The number of amides is 2. The molecule has 0 fully saturated rings. The van der Waals surface area contributed by atoms with Crippen molar-refractivity contribution < 1.29 is 9.59 Å². The summed E-state index contributed by atoms with van der Waals surface area (Å²) in [6.45, 7) is 0. The number of benzene rings is 7. The number of para-hydroxylation sites is 1. The molecule has 0 N–H and O–H groups in total. The van der Waals surface area contributed by atoms with Gasteiger partial charge in [-0.05, 0) is 88.0 Å². The lowest BCUT2D eigenvalue weighted by Crippen LogP contribution is -2.29. The van der Waals surface area contributed by atoms with Gasteiger partial charge in [-0.15, -0.1) is 0 Å². The maximum Gasteiger partial charge on any atom is 0.268 e. The van der Waals surface area contributed by atoms with Crippen molar-refractivity contribution in [2.24, 2.45) is 0 Å². The second-order valence-electron chi connectivity index (χ2n) is 12.4. The van der Waals surface area contributed by atoms with E-state index in [4.69, 9.17) is 0 Å². The zero-order valence-electron chi connectivity index (χ0n) is 26.7. The van der Waals surface area contributed by atoms with Crippen LogP contribution < -0.4 is 4.90 Å². The van der Waals surface area contributed by atoms with Crippen LogP contribution in [0.3, 0.4) is 0 Å². The first-order chi connectivity index (χ1) is 24.6. The van der Waals surface area contributed by atoms with Gasteiger partial charge >= 0.3 is 0 Å². The predicted molar refractivity (Wildman–Crippen MR) is 199 cm³/mol. The maximum absolute atomic E-state index is 14.7. The third-order valence-electron chi connectivity index (χ3n) is 9.52. The molecular weight excluding hydrogens is 615 g/mol. The van der Waals surface area contributed by atoms with Gasteiger partial charge in [0.1, 0.15) is 0 Å². The van der Waals surface area contributed by atoms with E-state index >= 15 is 0 Å². The van der Waals surface area contributed by atoms with Gasteiger partial charge in [0.05, 0.1) is 45.2 Å². The molecule has 234 valence electrons. The fourth-order valence-corrected chi connectivity index (χ4v) is 7.20. The smallest absolute Gasteiger partial charge is 0.268 e. The summed E-state index contributed by atoms with van der Waals surface area (Å²) in [4.78, 5) is 30.4. The normalized spacial score (nSPS) is 12.4. The van der Waals surface area contributed by atoms with E-state index in [1.807, 2.05) is 121 Å². The number of imide groups is 1. The van der Waals surface area contributed by atoms with Gasteiger partial charge in [-0.25, -0.2) is 4.90 Å². The number of hydrogen-bond donors (Lipinski definition) is 0. The lowest BCUT2D eigenvalue weighted by atomic mass is 9.97. The molecule has 0 aliphatic carbocycles. The number of fused-ring (bicyclic) bond motifs is 4. The molecule has 0 atom stereocenters. The van der Waals surface area contributed by atoms with Crippen molar-refractivity contribution in [3.05, 3.63) is 180 Å². The molecular formula is C45H27N3O2. The molecule has 0 bridgehead atoms. The van der Waals surface area contributed by atoms with Gasteiger partial charge in [0.15, 0.2) is 0 Å². The van der Waals surface area contributed by atoms with Crippen molar-refractivity contribution in [2.75, 3.05) is 4.90 Å². The Morgan fingerprint density at radius 3 is 1.80 bits per heavy atom. The first-order valence-electron chi connectivity index (χ1n) is 16.4. The van der Waals surface area contributed by atoms with Gasteiger partial charge in [-0.3, -0.25) is 9.59 Å². The first-order valence-corrected chi connectivity index (χ1v) is 16.4. The summed E-state index contributed by atoms with van der Waals surface area (Å²) in [6, 6.07) is 55.6. The number of hydrogen-bond acceptors (Lipinski definition) is 3. The van der Waals surface area contributed by atoms with E-state index in [2.05, 4.69) is 41.0 Å². The van der Waals surface area contributed by atoms with Crippen molar-refractivity contribution >= 4 is 39.3 Å². The molecule has 1 aliphatic rings. The second kappa shape index (κ2) is 11.6. The molecule has 2 amide bonds. The second-order valence-corrected chi connectivity index (χ2v) is 12.4. The summed E-state index contributed by atoms with van der Waals surface area (Å²) in [5.41, 5.74) is 9.96. The van der Waals surface area contributed by atoms with Crippen molar-refractivity contribution in [1.82, 2.24) is 4.57 Å². The summed E-state index contributed by atoms with van der Waals surface area (Å²) in [5, 5.41) is 11.6. The molecule has 0 saturated heterocycles. The number of carbonyl (C=O) groups excluding carboxylic acids is 2. The fraction of sp³-hybridized carbons (Fsp3) is 0. The molecule has 5 nitrogen and oxygen atoms in total. The number of nitriles is 1. The van der Waals surface area contributed by atoms with E-state index in [1.165, 1.54) is 4.90 Å². The van der Waals surface area contributed by atoms with Crippen LogP contribution in [0.15, 0.2) is 164 Å². The topological polar surface area (TPSA) is 66.1 Å². The number of rotatable bonds is 5. The summed E-state index contributed by atoms with van der Waals surface area (Å²) in [7, 11) is 0. The molecule has 0 saturated carbocycles. The minimum atomic E-state index is -0.367. The highest BCUT2D eigenvalue weighted by molar-refractivity contribution is 6.36. The Morgan fingerprint density at radius 2 is 1.08 bits per heavy atom. The highest BCUT2D eigenvalue weighted by Crippen LogP contribution is 2.40. The summed E-state index contributed by atoms with van der Waals surface area (Å²) in [6.07, 6.45) is 0. The summed E-state index contributed by atoms with van der Waals surface area (Å²) >= 11 is 0. The van der Waals surface area contributed by atoms with Crippen molar-refractivity contribution in [3.63, 3.8) is 0 Å². The van der Waals surface area contributed by atoms with Crippen LogP contribution in [0.1, 0.15) is 26.3 Å². The fourth-order valence-electron chi connectivity index (χ4n) is 7.20. The van der Waals surface area contributed by atoms with E-state index in [0.29, 0.717) is 28.1 Å². The zero-order chi connectivity index (χ0) is 33.8. The molecule has 1 aromatic heterocycles. The Hall–Kier alpha value is -7.03. The third-order valence-corrected chi connectivity index (χ3v) is 9.52. The molecule has 2 heterocycles. The molecule has 1 aliphatic heterocycles. The SMILES string of the molecule is N#Cc1cccc(-c2ccc3c4ccccc4n(-c4cccc5c4C(=O)N(c4cc(-c6ccccc6)cc(-c6ccccc6)c4)C5=O)c3c2)c1. The monoisotopic (exact) mass is 641 g/mol. The summed E-state index contributed by atoms with van der Waals surface area (Å²) in [5.74, 6) is -0.723. The van der Waals surface area contributed by atoms with Crippen LogP contribution in [-0.2, 0) is 0 Å². The Kier molecular flexibility index (Phi) is 6.75. The van der Waals surface area contributed by atoms with E-state index in [0.717, 1.165) is 55.2 Å². The molecule has 7 aromatic carbocycles. The first kappa shape index (κ1) is 29.1. The van der Waals surface area contributed by atoms with Crippen LogP contribution in [0.5, 0.6) is 0 Å². The average Bonchev–Trinajstić information content (AvgIpc) is 3.65. The minimum Gasteiger partial charge on any atom is -0.308 e. The zero-order valence-corrected chi connectivity index (χ0v) is 26.7. The van der Waals surface area contributed by atoms with E-state index in [1.54, 1.807) is 12.1 Å². The molecule has 9 rings (SSSR count). The Bertz CT molecular complexity index is 2640. The lowest BCUT2D eigenvalue weighted by molar-refractivity contribution is 0.0926. The Balaban J connectivity index is 1.24. The Morgan fingerprint density at radius 1 is 0.460 bits per heavy atom. The highest BCUT2D eigenvalue weighted by Gasteiger charge is 2.39. The lowest BCUT2D eigenvalue weighted by Gasteiger charge is -2.18. The predicted octanol–water partition coefficient (Wildman–Crippen LogP) is 10.5. The standard InChI is InChI=1S/C45H27N3O2/c46-28-29-11-9-16-32(23-29)33-21-22-38-37-17-7-8-19-40(37)48(42(38)27-33)41-20-10-18-39-43(41)45(50)47(44(39)49)36-25-34(30-12-3-1-4-13-30)24-35(26-36)31-14-5-2-6-15-31/h1-27H. The van der Waals surface area contributed by atoms with Crippen molar-refractivity contribution in [1.29, 1.82) is 5.26 Å². The number of nitrogens with zero attached hydrogens (tertiary/aromatic N) is 3. The van der Waals surface area contributed by atoms with Gasteiger partial charge in [0, 0.05) is 10.8 Å². The Labute approximate surface area is 288 Å². The van der Waals surface area contributed by atoms with Crippen molar-refractivity contribution in [2.45, 2.75) is 0 Å². The van der Waals surface area contributed by atoms with Gasteiger partial charge in [0.2, 0.25) is 0 Å². The van der Waals surface area contributed by atoms with Crippen LogP contribution in [0, 0.1) is 11.3 Å². The van der Waals surface area contributed by atoms with E-state index in [-0.39, 0.29) is 11.8 Å². The average molecular weight is 642 g/mol. The highest BCUT2D eigenvalue weighted by atomic mass is 16.2. The van der Waals surface area contributed by atoms with Crippen LogP contribution in [0.25, 0.3) is 60.9 Å². The van der Waals surface area contributed by atoms with Crippen LogP contribution in [-0.4, -0.2) is 16.4 Å².